The number of aromatic nitrogens is 2. The Balaban J connectivity index is 2.09. The van der Waals surface area contributed by atoms with Crippen molar-refractivity contribution in [3.63, 3.8) is 0 Å². The summed E-state index contributed by atoms with van der Waals surface area (Å²) in [4.78, 5) is 8.23. The van der Waals surface area contributed by atoms with Gasteiger partial charge in [-0.25, -0.2) is 14.4 Å². The highest BCUT2D eigenvalue weighted by Crippen LogP contribution is 2.16. The molecule has 0 saturated heterocycles. The first-order valence-corrected chi connectivity index (χ1v) is 5.92. The zero-order chi connectivity index (χ0) is 12.3. The van der Waals surface area contributed by atoms with E-state index in [4.69, 9.17) is 0 Å². The number of nitrogens with one attached hydrogen (secondary N) is 1. The number of hydrogen-bond acceptors (Lipinski definition) is 3. The minimum Gasteiger partial charge on any atom is -0.350 e. The second-order valence-electron chi connectivity index (χ2n) is 3.61. The van der Waals surface area contributed by atoms with Crippen LogP contribution in [0.2, 0.25) is 0 Å². The maximum absolute atomic E-state index is 13.4. The summed E-state index contributed by atoms with van der Waals surface area (Å²) in [6, 6.07) is 6.64. The number of benzene rings is 1. The van der Waals surface area contributed by atoms with Crippen LogP contribution in [0.1, 0.15) is 11.3 Å². The van der Waals surface area contributed by atoms with Gasteiger partial charge in [-0.05, 0) is 31.2 Å². The second kappa shape index (κ2) is 5.23. The van der Waals surface area contributed by atoms with Crippen molar-refractivity contribution in [1.82, 2.24) is 9.97 Å². The van der Waals surface area contributed by atoms with E-state index in [1.165, 1.54) is 6.07 Å². The molecule has 0 saturated carbocycles. The maximum atomic E-state index is 13.4. The number of halogens is 2. The molecule has 0 aliphatic rings. The Morgan fingerprint density at radius 2 is 2.18 bits per heavy atom. The first kappa shape index (κ1) is 12.0. The monoisotopic (exact) mass is 295 g/mol. The van der Waals surface area contributed by atoms with Gasteiger partial charge >= 0.3 is 0 Å². The third kappa shape index (κ3) is 3.23. The number of hydrogen-bond donors (Lipinski definition) is 1. The zero-order valence-corrected chi connectivity index (χ0v) is 10.8. The number of aryl methyl sites for hydroxylation is 1. The fourth-order valence-electron chi connectivity index (χ4n) is 1.39. The molecule has 1 aromatic heterocycles. The summed E-state index contributed by atoms with van der Waals surface area (Å²) in [5.41, 5.74) is 1.45. The molecule has 0 aliphatic carbocycles. The summed E-state index contributed by atoms with van der Waals surface area (Å²) in [6.07, 6.45) is 1.67. The molecule has 17 heavy (non-hydrogen) atoms. The van der Waals surface area contributed by atoms with Crippen LogP contribution in [0.15, 0.2) is 34.9 Å². The van der Waals surface area contributed by atoms with Crippen molar-refractivity contribution in [3.05, 3.63) is 52.0 Å². The summed E-state index contributed by atoms with van der Waals surface area (Å²) in [5, 5.41) is 2.99. The van der Waals surface area contributed by atoms with Crippen molar-refractivity contribution in [1.29, 1.82) is 0 Å². The van der Waals surface area contributed by atoms with Crippen molar-refractivity contribution >= 4 is 21.9 Å². The summed E-state index contributed by atoms with van der Waals surface area (Å²) in [6.45, 7) is 2.24. The Kier molecular flexibility index (Phi) is 3.68. The van der Waals surface area contributed by atoms with Gasteiger partial charge in [0.2, 0.25) is 5.95 Å². The van der Waals surface area contributed by atoms with Gasteiger partial charge in [0, 0.05) is 28.5 Å². The molecule has 0 bridgehead atoms. The molecule has 1 heterocycles. The van der Waals surface area contributed by atoms with Crippen LogP contribution in [0.4, 0.5) is 10.3 Å². The molecule has 2 aromatic rings. The predicted octanol–water partition coefficient (Wildman–Crippen LogP) is 3.30. The van der Waals surface area contributed by atoms with Crippen molar-refractivity contribution in [2.45, 2.75) is 13.5 Å². The van der Waals surface area contributed by atoms with Crippen LogP contribution in [-0.4, -0.2) is 9.97 Å². The molecule has 0 atom stereocenters. The van der Waals surface area contributed by atoms with Gasteiger partial charge < -0.3 is 5.32 Å². The number of nitrogens with zero attached hydrogens (tertiary/aromatic N) is 2. The molecular formula is C12H11BrFN3. The third-order valence-corrected chi connectivity index (χ3v) is 2.73. The van der Waals surface area contributed by atoms with E-state index < -0.39 is 0 Å². The molecule has 88 valence electrons. The molecular weight excluding hydrogens is 285 g/mol. The van der Waals surface area contributed by atoms with Gasteiger partial charge in [0.25, 0.3) is 0 Å². The molecule has 3 nitrogen and oxygen atoms in total. The Morgan fingerprint density at radius 1 is 1.35 bits per heavy atom. The van der Waals surface area contributed by atoms with E-state index in [1.54, 1.807) is 18.3 Å². The summed E-state index contributed by atoms with van der Waals surface area (Å²) >= 11 is 3.31. The van der Waals surface area contributed by atoms with Crippen molar-refractivity contribution < 1.29 is 4.39 Å². The minimum absolute atomic E-state index is 0.242. The second-order valence-corrected chi connectivity index (χ2v) is 4.53. The standard InChI is InChI=1S/C12H11BrFN3/c1-8-4-5-15-12(17-8)16-7-9-6-10(13)2-3-11(9)14/h2-6H,7H2,1H3,(H,15,16,17). The van der Waals surface area contributed by atoms with Crippen LogP contribution in [0, 0.1) is 12.7 Å². The smallest absolute Gasteiger partial charge is 0.223 e. The fraction of sp³-hybridized carbons (Fsp3) is 0.167. The van der Waals surface area contributed by atoms with Crippen molar-refractivity contribution in [2.24, 2.45) is 0 Å². The SMILES string of the molecule is Cc1ccnc(NCc2cc(Br)ccc2F)n1. The topological polar surface area (TPSA) is 37.8 Å². The lowest BCUT2D eigenvalue weighted by Crippen LogP contribution is -2.05. The predicted molar refractivity (Wildman–Crippen MR) is 68.2 cm³/mol. The first-order chi connectivity index (χ1) is 8.15. The van der Waals surface area contributed by atoms with Gasteiger partial charge in [0.05, 0.1) is 0 Å². The van der Waals surface area contributed by atoms with E-state index in [-0.39, 0.29) is 5.82 Å². The van der Waals surface area contributed by atoms with E-state index in [0.717, 1.165) is 10.2 Å². The third-order valence-electron chi connectivity index (χ3n) is 2.24. The Hall–Kier alpha value is -1.49. The van der Waals surface area contributed by atoms with Gasteiger partial charge in [-0.2, -0.15) is 0 Å². The van der Waals surface area contributed by atoms with Crippen molar-refractivity contribution in [2.75, 3.05) is 5.32 Å². The molecule has 0 spiro atoms. The summed E-state index contributed by atoms with van der Waals surface area (Å²) in [7, 11) is 0. The number of anilines is 1. The summed E-state index contributed by atoms with van der Waals surface area (Å²) in [5.74, 6) is 0.262. The molecule has 2 rings (SSSR count). The van der Waals surface area contributed by atoms with Gasteiger partial charge in [-0.1, -0.05) is 15.9 Å². The minimum atomic E-state index is -0.242. The highest BCUT2D eigenvalue weighted by Gasteiger charge is 2.03. The lowest BCUT2D eigenvalue weighted by molar-refractivity contribution is 0.612. The normalized spacial score (nSPS) is 10.3. The molecule has 1 aromatic carbocycles. The average molecular weight is 296 g/mol. The fourth-order valence-corrected chi connectivity index (χ4v) is 1.80. The van der Waals surface area contributed by atoms with Crippen LogP contribution < -0.4 is 5.32 Å². The van der Waals surface area contributed by atoms with E-state index >= 15 is 0 Å². The Labute approximate surface area is 107 Å². The van der Waals surface area contributed by atoms with E-state index in [9.17, 15) is 4.39 Å². The Morgan fingerprint density at radius 3 is 2.94 bits per heavy atom. The van der Waals surface area contributed by atoms with Crippen LogP contribution in [-0.2, 0) is 6.54 Å². The van der Waals surface area contributed by atoms with Crippen LogP contribution in [0.25, 0.3) is 0 Å². The molecule has 0 radical (unpaired) electrons. The average Bonchev–Trinajstić information content (AvgIpc) is 2.30. The largest absolute Gasteiger partial charge is 0.350 e. The first-order valence-electron chi connectivity index (χ1n) is 5.12. The lowest BCUT2D eigenvalue weighted by atomic mass is 10.2. The van der Waals surface area contributed by atoms with Gasteiger partial charge in [0.15, 0.2) is 0 Å². The zero-order valence-electron chi connectivity index (χ0n) is 9.24. The van der Waals surface area contributed by atoms with E-state index in [1.807, 2.05) is 13.0 Å². The highest BCUT2D eigenvalue weighted by atomic mass is 79.9. The van der Waals surface area contributed by atoms with Crippen LogP contribution >= 0.6 is 15.9 Å². The van der Waals surface area contributed by atoms with E-state index in [0.29, 0.717) is 18.1 Å². The molecule has 1 N–H and O–H groups in total. The molecule has 0 fully saturated rings. The maximum Gasteiger partial charge on any atom is 0.223 e. The lowest BCUT2D eigenvalue weighted by Gasteiger charge is -2.06. The molecule has 0 aliphatic heterocycles. The van der Waals surface area contributed by atoms with E-state index in [2.05, 4.69) is 31.2 Å². The molecule has 0 unspecified atom stereocenters. The van der Waals surface area contributed by atoms with Crippen molar-refractivity contribution in [3.8, 4) is 0 Å². The summed E-state index contributed by atoms with van der Waals surface area (Å²) < 4.78 is 14.3. The van der Waals surface area contributed by atoms with Gasteiger partial charge in [-0.15, -0.1) is 0 Å². The highest BCUT2D eigenvalue weighted by molar-refractivity contribution is 9.10. The van der Waals surface area contributed by atoms with Crippen LogP contribution in [0.3, 0.4) is 0 Å². The number of rotatable bonds is 3. The van der Waals surface area contributed by atoms with Crippen LogP contribution in [0.5, 0.6) is 0 Å². The molecule has 5 heteroatoms. The van der Waals surface area contributed by atoms with Gasteiger partial charge in [0.1, 0.15) is 5.82 Å². The quantitative estimate of drug-likeness (QED) is 0.944. The van der Waals surface area contributed by atoms with Gasteiger partial charge in [-0.3, -0.25) is 0 Å². The molecule has 0 amide bonds. The Bertz CT molecular complexity index is 531.